The summed E-state index contributed by atoms with van der Waals surface area (Å²) < 4.78 is 45.6. The number of nitrogens with one attached hydrogen (secondary N) is 2. The van der Waals surface area contributed by atoms with Crippen molar-refractivity contribution in [3.05, 3.63) is 53.4 Å². The molecule has 0 unspecified atom stereocenters. The zero-order valence-corrected chi connectivity index (χ0v) is 21.4. The van der Waals surface area contributed by atoms with E-state index in [4.69, 9.17) is 4.74 Å². The summed E-state index contributed by atoms with van der Waals surface area (Å²) in [6.07, 6.45) is 3.83. The van der Waals surface area contributed by atoms with Gasteiger partial charge in [-0.05, 0) is 82.3 Å². The second-order valence-corrected chi connectivity index (χ2v) is 10.7. The molecule has 1 aromatic heterocycles. The van der Waals surface area contributed by atoms with Crippen LogP contribution in [0.15, 0.2) is 36.7 Å². The van der Waals surface area contributed by atoms with Crippen LogP contribution in [0.4, 0.5) is 18.9 Å². The molecule has 1 amide bonds. The summed E-state index contributed by atoms with van der Waals surface area (Å²) in [5.41, 5.74) is 6.28. The number of alkyl halides is 3. The Morgan fingerprint density at radius 2 is 1.87 bits per heavy atom. The lowest BCUT2D eigenvalue weighted by Gasteiger charge is -2.36. The first-order valence-electron chi connectivity index (χ1n) is 13.4. The zero-order valence-electron chi connectivity index (χ0n) is 21.4. The number of pyridine rings is 1. The normalized spacial score (nSPS) is 22.3. The Morgan fingerprint density at radius 3 is 2.55 bits per heavy atom. The van der Waals surface area contributed by atoms with Crippen LogP contribution in [0.25, 0.3) is 5.57 Å². The summed E-state index contributed by atoms with van der Waals surface area (Å²) in [4.78, 5) is 19.1. The number of amides is 1. The molecule has 1 aliphatic carbocycles. The van der Waals surface area contributed by atoms with E-state index in [0.29, 0.717) is 24.8 Å². The molecule has 2 aromatic rings. The molecule has 2 fully saturated rings. The number of rotatable bonds is 5. The number of hydrogen-bond acceptors (Lipinski definition) is 6. The molecule has 7 nitrogen and oxygen atoms in total. The minimum Gasteiger partial charge on any atom is -0.438 e. The SMILES string of the molecule is C[C@H]1CCc2c(ccc(C3=CN(C4CCNCC4)NC3)c2Oc2ccc(C(F)(F)F)cn2)N1C(=O)C1CC1. The van der Waals surface area contributed by atoms with Crippen LogP contribution >= 0.6 is 0 Å². The first-order chi connectivity index (χ1) is 18.3. The number of hydrogen-bond donors (Lipinski definition) is 2. The average Bonchev–Trinajstić information content (AvgIpc) is 3.65. The van der Waals surface area contributed by atoms with E-state index in [1.165, 1.54) is 6.07 Å². The standard InChI is InChI=1S/C28H32F3N5O2/c1-17-2-6-23-24(36(17)27(37)18-3-4-18)8-7-22(19-14-34-35(16-19)21-10-12-32-13-11-21)26(23)38-25-9-5-20(15-33-25)28(29,30)31/h5,7-9,15-18,21,32,34H,2-4,6,10-14H2,1H3/t17-/m0/s1. The summed E-state index contributed by atoms with van der Waals surface area (Å²) in [7, 11) is 0. The van der Waals surface area contributed by atoms with Crippen molar-refractivity contribution in [1.29, 1.82) is 0 Å². The smallest absolute Gasteiger partial charge is 0.417 e. The predicted octanol–water partition coefficient (Wildman–Crippen LogP) is 4.88. The number of carbonyl (C=O) groups excluding carboxylic acids is 1. The van der Waals surface area contributed by atoms with Gasteiger partial charge in [-0.1, -0.05) is 0 Å². The zero-order chi connectivity index (χ0) is 26.4. The van der Waals surface area contributed by atoms with Crippen molar-refractivity contribution in [2.45, 2.75) is 63.7 Å². The van der Waals surface area contributed by atoms with E-state index in [-0.39, 0.29) is 23.7 Å². The van der Waals surface area contributed by atoms with E-state index >= 15 is 0 Å². The largest absolute Gasteiger partial charge is 0.438 e. The van der Waals surface area contributed by atoms with E-state index in [9.17, 15) is 18.0 Å². The maximum Gasteiger partial charge on any atom is 0.417 e. The fourth-order valence-corrected chi connectivity index (χ4v) is 5.67. The molecule has 4 heterocycles. The van der Waals surface area contributed by atoms with Crippen molar-refractivity contribution in [1.82, 2.24) is 20.7 Å². The van der Waals surface area contributed by atoms with Gasteiger partial charge < -0.3 is 20.0 Å². The van der Waals surface area contributed by atoms with E-state index < -0.39 is 11.7 Å². The molecule has 0 bridgehead atoms. The molecule has 38 heavy (non-hydrogen) atoms. The summed E-state index contributed by atoms with van der Waals surface area (Å²) >= 11 is 0. The van der Waals surface area contributed by atoms with E-state index in [1.54, 1.807) is 0 Å². The molecule has 202 valence electrons. The minimum absolute atomic E-state index is 0.0706. The van der Waals surface area contributed by atoms with Gasteiger partial charge >= 0.3 is 6.18 Å². The summed E-state index contributed by atoms with van der Waals surface area (Å²) in [6.45, 7) is 4.62. The van der Waals surface area contributed by atoms with Gasteiger partial charge in [0.1, 0.15) is 5.75 Å². The van der Waals surface area contributed by atoms with Gasteiger partial charge in [0.25, 0.3) is 0 Å². The van der Waals surface area contributed by atoms with Crippen molar-refractivity contribution < 1.29 is 22.7 Å². The quantitative estimate of drug-likeness (QED) is 0.578. The molecule has 1 aromatic carbocycles. The van der Waals surface area contributed by atoms with Crippen LogP contribution in [0.3, 0.4) is 0 Å². The molecular formula is C28H32F3N5O2. The van der Waals surface area contributed by atoms with Gasteiger partial charge in [-0.25, -0.2) is 10.4 Å². The number of ether oxygens (including phenoxy) is 1. The highest BCUT2D eigenvalue weighted by atomic mass is 19.4. The Balaban J connectivity index is 1.39. The van der Waals surface area contributed by atoms with Crippen molar-refractivity contribution in [2.24, 2.45) is 5.92 Å². The minimum atomic E-state index is -4.47. The molecule has 2 N–H and O–H groups in total. The average molecular weight is 528 g/mol. The Kier molecular flexibility index (Phi) is 6.55. The maximum absolute atomic E-state index is 13.2. The summed E-state index contributed by atoms with van der Waals surface area (Å²) in [5.74, 6) is 0.872. The van der Waals surface area contributed by atoms with Crippen LogP contribution in [0.1, 0.15) is 55.7 Å². The van der Waals surface area contributed by atoms with Gasteiger partial charge in [0.2, 0.25) is 11.8 Å². The second kappa shape index (κ2) is 9.89. The molecule has 0 radical (unpaired) electrons. The molecule has 4 aliphatic rings. The topological polar surface area (TPSA) is 69.7 Å². The van der Waals surface area contributed by atoms with E-state index in [0.717, 1.165) is 79.8 Å². The number of aromatic nitrogens is 1. The van der Waals surface area contributed by atoms with Crippen LogP contribution in [0, 0.1) is 5.92 Å². The molecular weight excluding hydrogens is 495 g/mol. The number of halogens is 3. The van der Waals surface area contributed by atoms with Crippen LogP contribution in [0.5, 0.6) is 11.6 Å². The Hall–Kier alpha value is -3.11. The highest BCUT2D eigenvalue weighted by Crippen LogP contribution is 2.45. The van der Waals surface area contributed by atoms with Gasteiger partial charge in [0.05, 0.1) is 11.3 Å². The number of carbonyl (C=O) groups is 1. The van der Waals surface area contributed by atoms with Crippen molar-refractivity contribution in [3.8, 4) is 11.6 Å². The first kappa shape index (κ1) is 25.2. The molecule has 10 heteroatoms. The monoisotopic (exact) mass is 527 g/mol. The van der Waals surface area contributed by atoms with Crippen molar-refractivity contribution in [2.75, 3.05) is 24.5 Å². The van der Waals surface area contributed by atoms with Crippen LogP contribution < -0.4 is 20.4 Å². The van der Waals surface area contributed by atoms with Crippen LogP contribution in [-0.2, 0) is 17.4 Å². The number of anilines is 1. The number of hydrazine groups is 1. The highest BCUT2D eigenvalue weighted by Gasteiger charge is 2.39. The van der Waals surface area contributed by atoms with Gasteiger partial charge in [-0.3, -0.25) is 4.79 Å². The maximum atomic E-state index is 13.2. The van der Waals surface area contributed by atoms with Crippen molar-refractivity contribution in [3.63, 3.8) is 0 Å². The number of nitrogens with zero attached hydrogens (tertiary/aromatic N) is 3. The Morgan fingerprint density at radius 1 is 1.08 bits per heavy atom. The lowest BCUT2D eigenvalue weighted by Crippen LogP contribution is -2.44. The third-order valence-corrected chi connectivity index (χ3v) is 7.98. The summed E-state index contributed by atoms with van der Waals surface area (Å²) in [5, 5.41) is 5.56. The van der Waals surface area contributed by atoms with Crippen molar-refractivity contribution >= 4 is 17.2 Å². The third kappa shape index (κ3) is 4.87. The fraction of sp³-hybridized carbons (Fsp3) is 0.500. The third-order valence-electron chi connectivity index (χ3n) is 7.98. The lowest BCUT2D eigenvalue weighted by atomic mass is 9.91. The van der Waals surface area contributed by atoms with Crippen LogP contribution in [-0.4, -0.2) is 47.6 Å². The van der Waals surface area contributed by atoms with Gasteiger partial charge in [-0.15, -0.1) is 0 Å². The molecule has 1 saturated carbocycles. The Bertz CT molecular complexity index is 1240. The number of benzene rings is 1. The molecule has 6 rings (SSSR count). The Labute approximate surface area is 220 Å². The van der Waals surface area contributed by atoms with Crippen LogP contribution in [0.2, 0.25) is 0 Å². The highest BCUT2D eigenvalue weighted by molar-refractivity contribution is 5.99. The summed E-state index contributed by atoms with van der Waals surface area (Å²) in [6, 6.07) is 6.68. The van der Waals surface area contributed by atoms with Gasteiger partial charge in [0.15, 0.2) is 0 Å². The first-order valence-corrected chi connectivity index (χ1v) is 13.4. The lowest BCUT2D eigenvalue weighted by molar-refractivity contribution is -0.137. The predicted molar refractivity (Wildman–Crippen MR) is 137 cm³/mol. The fourth-order valence-electron chi connectivity index (χ4n) is 5.67. The molecule has 1 saturated heterocycles. The van der Waals surface area contributed by atoms with Gasteiger partial charge in [0, 0.05) is 54.1 Å². The second-order valence-electron chi connectivity index (χ2n) is 10.7. The number of fused-ring (bicyclic) bond motifs is 1. The molecule has 3 aliphatic heterocycles. The van der Waals surface area contributed by atoms with Gasteiger partial charge in [-0.2, -0.15) is 13.2 Å². The van der Waals surface area contributed by atoms with E-state index in [1.807, 2.05) is 17.0 Å². The number of piperidine rings is 1. The van der Waals surface area contributed by atoms with E-state index in [2.05, 4.69) is 33.9 Å². The molecule has 0 spiro atoms. The molecule has 1 atom stereocenters.